The van der Waals surface area contributed by atoms with E-state index in [1.165, 1.54) is 5.56 Å². The van der Waals surface area contributed by atoms with Crippen LogP contribution >= 0.6 is 0 Å². The highest BCUT2D eigenvalue weighted by Crippen LogP contribution is 2.05. The molecule has 0 atom stereocenters. The summed E-state index contributed by atoms with van der Waals surface area (Å²) < 4.78 is 11.6. The van der Waals surface area contributed by atoms with Crippen LogP contribution in [0.25, 0.3) is 0 Å². The lowest BCUT2D eigenvalue weighted by Gasteiger charge is -2.16. The summed E-state index contributed by atoms with van der Waals surface area (Å²) in [5, 5.41) is 0. The van der Waals surface area contributed by atoms with Crippen molar-refractivity contribution in [1.29, 1.82) is 0 Å². The van der Waals surface area contributed by atoms with Gasteiger partial charge in [-0.05, 0) is 18.4 Å². The lowest BCUT2D eigenvalue weighted by Crippen LogP contribution is -2.27. The molecule has 1 aromatic rings. The molecule has 0 aromatic heterocycles. The molecular weight excluding hydrogens is 216 g/mol. The first kappa shape index (κ1) is 13.4. The van der Waals surface area contributed by atoms with Gasteiger partial charge >= 0.3 is 9.28 Å². The van der Waals surface area contributed by atoms with E-state index in [9.17, 15) is 0 Å². The highest BCUT2D eigenvalue weighted by Gasteiger charge is 2.13. The van der Waals surface area contributed by atoms with E-state index in [-0.39, 0.29) is 0 Å². The first-order valence-electron chi connectivity index (χ1n) is 6.14. The Kier molecular flexibility index (Phi) is 7.13. The van der Waals surface area contributed by atoms with E-state index in [1.54, 1.807) is 0 Å². The van der Waals surface area contributed by atoms with Crippen LogP contribution in [0.5, 0.6) is 0 Å². The maximum atomic E-state index is 5.81. The molecule has 16 heavy (non-hydrogen) atoms. The lowest BCUT2D eigenvalue weighted by molar-refractivity contribution is 0.196. The molecule has 1 aromatic carbocycles. The third-order valence-corrected chi connectivity index (χ3v) is 4.28. The molecule has 1 rings (SSSR count). The predicted molar refractivity (Wildman–Crippen MR) is 69.8 cm³/mol. The fraction of sp³-hybridized carbons (Fsp3) is 0.538. The van der Waals surface area contributed by atoms with Gasteiger partial charge in [0, 0.05) is 19.3 Å². The van der Waals surface area contributed by atoms with Crippen molar-refractivity contribution in [2.75, 3.05) is 13.2 Å². The number of hydrogen-bond acceptors (Lipinski definition) is 2. The molecule has 0 fully saturated rings. The van der Waals surface area contributed by atoms with Crippen LogP contribution in [0.15, 0.2) is 30.3 Å². The molecule has 0 bridgehead atoms. The van der Waals surface area contributed by atoms with Crippen molar-refractivity contribution in [1.82, 2.24) is 0 Å². The Labute approximate surface area is 100 Å². The van der Waals surface area contributed by atoms with Crippen LogP contribution < -0.4 is 0 Å². The van der Waals surface area contributed by atoms with Crippen LogP contribution in [0.4, 0.5) is 0 Å². The minimum atomic E-state index is -1.50. The summed E-state index contributed by atoms with van der Waals surface area (Å²) >= 11 is 0. The highest BCUT2D eigenvalue weighted by atomic mass is 28.3. The van der Waals surface area contributed by atoms with Crippen molar-refractivity contribution in [3.63, 3.8) is 0 Å². The molecule has 0 saturated heterocycles. The van der Waals surface area contributed by atoms with Gasteiger partial charge in [-0.2, -0.15) is 0 Å². The summed E-state index contributed by atoms with van der Waals surface area (Å²) in [4.78, 5) is 0. The van der Waals surface area contributed by atoms with E-state index in [2.05, 4.69) is 38.1 Å². The molecule has 0 N–H and O–H groups in total. The molecule has 90 valence electrons. The quantitative estimate of drug-likeness (QED) is 0.648. The van der Waals surface area contributed by atoms with Gasteiger partial charge < -0.3 is 8.85 Å². The van der Waals surface area contributed by atoms with Crippen molar-refractivity contribution in [2.24, 2.45) is 0 Å². The van der Waals surface area contributed by atoms with Crippen molar-refractivity contribution < 1.29 is 8.85 Å². The fourth-order valence-electron chi connectivity index (χ4n) is 1.47. The first-order valence-corrected chi connectivity index (χ1v) is 7.89. The van der Waals surface area contributed by atoms with E-state index in [4.69, 9.17) is 8.85 Å². The van der Waals surface area contributed by atoms with Gasteiger partial charge in [0.1, 0.15) is 0 Å². The Morgan fingerprint density at radius 1 is 0.938 bits per heavy atom. The SMILES string of the molecule is CCCO[SiH](Cc1ccccc1)OCCC. The van der Waals surface area contributed by atoms with E-state index in [1.807, 2.05) is 6.07 Å². The normalized spacial score (nSPS) is 10.9. The molecule has 0 heterocycles. The molecule has 0 aliphatic heterocycles. The molecular formula is C13H22O2Si. The lowest BCUT2D eigenvalue weighted by atomic mass is 10.2. The molecule has 0 aliphatic rings. The predicted octanol–water partition coefficient (Wildman–Crippen LogP) is 2.84. The van der Waals surface area contributed by atoms with Gasteiger partial charge in [0.15, 0.2) is 0 Å². The minimum Gasteiger partial charge on any atom is -0.396 e. The van der Waals surface area contributed by atoms with Gasteiger partial charge in [-0.25, -0.2) is 0 Å². The molecule has 0 aliphatic carbocycles. The largest absolute Gasteiger partial charge is 0.396 e. The van der Waals surface area contributed by atoms with Gasteiger partial charge in [0.2, 0.25) is 0 Å². The number of rotatable bonds is 8. The van der Waals surface area contributed by atoms with Crippen molar-refractivity contribution >= 4 is 9.28 Å². The first-order chi connectivity index (χ1) is 7.86. The van der Waals surface area contributed by atoms with Crippen LogP contribution in [0.1, 0.15) is 32.3 Å². The molecule has 0 spiro atoms. The zero-order chi connectivity index (χ0) is 11.6. The van der Waals surface area contributed by atoms with Crippen molar-refractivity contribution in [2.45, 2.75) is 32.7 Å². The smallest absolute Gasteiger partial charge is 0.325 e. The topological polar surface area (TPSA) is 18.5 Å². The molecule has 0 radical (unpaired) electrons. The van der Waals surface area contributed by atoms with Crippen LogP contribution in [-0.4, -0.2) is 22.5 Å². The van der Waals surface area contributed by atoms with Gasteiger partial charge in [0.25, 0.3) is 0 Å². The Morgan fingerprint density at radius 3 is 2.00 bits per heavy atom. The second kappa shape index (κ2) is 8.50. The van der Waals surface area contributed by atoms with Crippen molar-refractivity contribution in [3.05, 3.63) is 35.9 Å². The van der Waals surface area contributed by atoms with E-state index in [0.717, 1.165) is 32.1 Å². The zero-order valence-electron chi connectivity index (χ0n) is 10.3. The second-order valence-corrected chi connectivity index (χ2v) is 5.79. The summed E-state index contributed by atoms with van der Waals surface area (Å²) in [6, 6.07) is 11.4. The van der Waals surface area contributed by atoms with Gasteiger partial charge in [-0.3, -0.25) is 0 Å². The maximum Gasteiger partial charge on any atom is 0.325 e. The molecule has 3 heteroatoms. The molecule has 0 unspecified atom stereocenters. The van der Waals surface area contributed by atoms with Crippen LogP contribution in [0, 0.1) is 0 Å². The van der Waals surface area contributed by atoms with E-state index >= 15 is 0 Å². The van der Waals surface area contributed by atoms with Crippen LogP contribution in [0.2, 0.25) is 0 Å². The Bertz CT molecular complexity index is 256. The summed E-state index contributed by atoms with van der Waals surface area (Å²) in [5.74, 6) is 0. The zero-order valence-corrected chi connectivity index (χ0v) is 11.5. The Hall–Kier alpha value is -0.643. The van der Waals surface area contributed by atoms with E-state index < -0.39 is 9.28 Å². The second-order valence-electron chi connectivity index (χ2n) is 3.86. The monoisotopic (exact) mass is 238 g/mol. The van der Waals surface area contributed by atoms with Crippen LogP contribution in [-0.2, 0) is 14.9 Å². The average molecular weight is 238 g/mol. The third-order valence-electron chi connectivity index (χ3n) is 2.26. The van der Waals surface area contributed by atoms with E-state index in [0.29, 0.717) is 0 Å². The highest BCUT2D eigenvalue weighted by molar-refractivity contribution is 6.43. The molecule has 0 amide bonds. The summed E-state index contributed by atoms with van der Waals surface area (Å²) in [5.41, 5.74) is 1.33. The fourth-order valence-corrected chi connectivity index (χ4v) is 3.46. The van der Waals surface area contributed by atoms with Crippen LogP contribution in [0.3, 0.4) is 0 Å². The van der Waals surface area contributed by atoms with Crippen molar-refractivity contribution in [3.8, 4) is 0 Å². The standard InChI is InChI=1S/C13H22O2Si/c1-3-10-14-16(15-11-4-2)12-13-8-6-5-7-9-13/h5-9,16H,3-4,10-12H2,1-2H3. The number of hydrogen-bond donors (Lipinski definition) is 0. The third kappa shape index (κ3) is 5.44. The number of benzene rings is 1. The minimum absolute atomic E-state index is 0.827. The summed E-state index contributed by atoms with van der Waals surface area (Å²) in [7, 11) is -1.50. The molecule has 2 nitrogen and oxygen atoms in total. The Balaban J connectivity index is 2.42. The van der Waals surface area contributed by atoms with Gasteiger partial charge in [-0.1, -0.05) is 44.2 Å². The summed E-state index contributed by atoms with van der Waals surface area (Å²) in [6.07, 6.45) is 2.13. The van der Waals surface area contributed by atoms with Gasteiger partial charge in [-0.15, -0.1) is 0 Å². The molecule has 0 saturated carbocycles. The maximum absolute atomic E-state index is 5.81. The average Bonchev–Trinajstić information content (AvgIpc) is 2.34. The van der Waals surface area contributed by atoms with Gasteiger partial charge in [0.05, 0.1) is 0 Å². The Morgan fingerprint density at radius 2 is 1.50 bits per heavy atom. The summed E-state index contributed by atoms with van der Waals surface area (Å²) in [6.45, 7) is 5.92.